The van der Waals surface area contributed by atoms with Crippen LogP contribution in [0.4, 0.5) is 0 Å². The Morgan fingerprint density at radius 1 is 0.778 bits per heavy atom. The van der Waals surface area contributed by atoms with E-state index in [4.69, 9.17) is 9.47 Å². The van der Waals surface area contributed by atoms with Crippen LogP contribution < -0.4 is 4.74 Å². The molecule has 3 heteroatoms. The zero-order chi connectivity index (χ0) is 19.2. The van der Waals surface area contributed by atoms with Gasteiger partial charge in [-0.25, -0.2) is 0 Å². The van der Waals surface area contributed by atoms with E-state index in [1.807, 2.05) is 25.3 Å². The monoisotopic (exact) mass is 369 g/mol. The maximum absolute atomic E-state index is 5.75. The van der Waals surface area contributed by atoms with E-state index in [1.165, 1.54) is 44.1 Å². The minimum absolute atomic E-state index is 0.689. The first-order valence-corrected chi connectivity index (χ1v) is 10.6. The van der Waals surface area contributed by atoms with Crippen LogP contribution in [-0.4, -0.2) is 24.8 Å². The third-order valence-electron chi connectivity index (χ3n) is 4.68. The highest BCUT2D eigenvalue weighted by molar-refractivity contribution is 5.60. The van der Waals surface area contributed by atoms with Crippen molar-refractivity contribution in [3.63, 3.8) is 0 Å². The molecule has 0 aliphatic carbocycles. The Morgan fingerprint density at radius 3 is 2.22 bits per heavy atom. The fourth-order valence-electron chi connectivity index (χ4n) is 3.10. The summed E-state index contributed by atoms with van der Waals surface area (Å²) >= 11 is 0. The van der Waals surface area contributed by atoms with Crippen LogP contribution in [0.5, 0.6) is 5.75 Å². The Balaban J connectivity index is 1.61. The summed E-state index contributed by atoms with van der Waals surface area (Å²) in [5.74, 6) is 0.902. The van der Waals surface area contributed by atoms with Crippen LogP contribution in [0.15, 0.2) is 42.6 Å². The Morgan fingerprint density at radius 2 is 1.52 bits per heavy atom. The van der Waals surface area contributed by atoms with Gasteiger partial charge in [0.05, 0.1) is 12.3 Å². The van der Waals surface area contributed by atoms with Crippen LogP contribution in [0, 0.1) is 0 Å². The zero-order valence-corrected chi connectivity index (χ0v) is 17.1. The smallest absolute Gasteiger partial charge is 0.119 e. The van der Waals surface area contributed by atoms with Crippen molar-refractivity contribution in [1.29, 1.82) is 0 Å². The van der Waals surface area contributed by atoms with Gasteiger partial charge < -0.3 is 9.47 Å². The van der Waals surface area contributed by atoms with Crippen molar-refractivity contribution in [1.82, 2.24) is 4.98 Å². The standard InChI is InChI=1S/C24H35NO2/c1-3-5-6-7-8-9-18-26-19-10-11-21-12-17-24(25-20-21)22-13-15-23(16-14-22)27-4-2/h12-17,20H,3-11,18-19H2,1-2H3. The van der Waals surface area contributed by atoms with Crippen LogP contribution in [0.2, 0.25) is 0 Å². The van der Waals surface area contributed by atoms with Crippen LogP contribution in [0.25, 0.3) is 11.3 Å². The highest BCUT2D eigenvalue weighted by Crippen LogP contribution is 2.21. The fourth-order valence-corrected chi connectivity index (χ4v) is 3.10. The van der Waals surface area contributed by atoms with Gasteiger partial charge in [-0.3, -0.25) is 4.98 Å². The number of hydrogen-bond donors (Lipinski definition) is 0. The zero-order valence-electron chi connectivity index (χ0n) is 17.1. The van der Waals surface area contributed by atoms with E-state index in [1.54, 1.807) is 0 Å². The molecule has 1 aromatic carbocycles. The number of nitrogens with zero attached hydrogens (tertiary/aromatic N) is 1. The van der Waals surface area contributed by atoms with Gasteiger partial charge in [0, 0.05) is 25.0 Å². The minimum atomic E-state index is 0.689. The second kappa shape index (κ2) is 13.3. The quantitative estimate of drug-likeness (QED) is 0.358. The normalized spacial score (nSPS) is 10.9. The first-order chi connectivity index (χ1) is 13.3. The summed E-state index contributed by atoms with van der Waals surface area (Å²) in [6, 6.07) is 12.4. The molecule has 0 saturated heterocycles. The van der Waals surface area contributed by atoms with Crippen molar-refractivity contribution in [3.8, 4) is 17.0 Å². The SMILES string of the molecule is CCCCCCCCOCCCc1ccc(-c2ccc(OCC)cc2)nc1. The highest BCUT2D eigenvalue weighted by Gasteiger charge is 2.01. The van der Waals surface area contributed by atoms with E-state index in [0.717, 1.165) is 43.1 Å². The molecule has 0 unspecified atom stereocenters. The van der Waals surface area contributed by atoms with E-state index in [0.29, 0.717) is 6.61 Å². The molecule has 148 valence electrons. The molecule has 0 amide bonds. The van der Waals surface area contributed by atoms with Gasteiger partial charge in [-0.1, -0.05) is 45.1 Å². The summed E-state index contributed by atoms with van der Waals surface area (Å²) in [5, 5.41) is 0. The van der Waals surface area contributed by atoms with Gasteiger partial charge in [-0.15, -0.1) is 0 Å². The van der Waals surface area contributed by atoms with E-state index < -0.39 is 0 Å². The lowest BCUT2D eigenvalue weighted by Gasteiger charge is -2.07. The largest absolute Gasteiger partial charge is 0.494 e. The molecule has 0 fully saturated rings. The Bertz CT molecular complexity index is 607. The number of ether oxygens (including phenoxy) is 2. The number of aryl methyl sites for hydroxylation is 1. The van der Waals surface area contributed by atoms with E-state index in [-0.39, 0.29) is 0 Å². The molecular formula is C24H35NO2. The molecule has 0 aliphatic rings. The summed E-state index contributed by atoms with van der Waals surface area (Å²) in [7, 11) is 0. The molecule has 27 heavy (non-hydrogen) atoms. The first kappa shape index (κ1) is 21.4. The van der Waals surface area contributed by atoms with Gasteiger partial charge >= 0.3 is 0 Å². The number of benzene rings is 1. The molecular weight excluding hydrogens is 334 g/mol. The summed E-state index contributed by atoms with van der Waals surface area (Å²) in [4.78, 5) is 4.61. The molecule has 0 N–H and O–H groups in total. The lowest BCUT2D eigenvalue weighted by atomic mass is 10.1. The molecule has 0 saturated carbocycles. The summed E-state index contributed by atoms with van der Waals surface area (Å²) in [6.07, 6.45) is 12.0. The predicted molar refractivity (Wildman–Crippen MR) is 113 cm³/mol. The maximum Gasteiger partial charge on any atom is 0.119 e. The molecule has 0 bridgehead atoms. The topological polar surface area (TPSA) is 31.4 Å². The summed E-state index contributed by atoms with van der Waals surface area (Å²) in [5.41, 5.74) is 3.39. The fraction of sp³-hybridized carbons (Fsp3) is 0.542. The number of hydrogen-bond acceptors (Lipinski definition) is 3. The van der Waals surface area contributed by atoms with Crippen molar-refractivity contribution in [2.24, 2.45) is 0 Å². The summed E-state index contributed by atoms with van der Waals surface area (Å²) in [6.45, 7) is 6.69. The van der Waals surface area contributed by atoms with Crippen LogP contribution in [-0.2, 0) is 11.2 Å². The molecule has 0 spiro atoms. The van der Waals surface area contributed by atoms with E-state index in [9.17, 15) is 0 Å². The molecule has 2 rings (SSSR count). The molecule has 0 aliphatic heterocycles. The van der Waals surface area contributed by atoms with Gasteiger partial charge in [0.2, 0.25) is 0 Å². The molecule has 2 aromatic rings. The van der Waals surface area contributed by atoms with Gasteiger partial charge in [-0.05, 0) is 62.1 Å². The van der Waals surface area contributed by atoms with Crippen molar-refractivity contribution in [3.05, 3.63) is 48.2 Å². The first-order valence-electron chi connectivity index (χ1n) is 10.6. The van der Waals surface area contributed by atoms with Gasteiger partial charge in [0.1, 0.15) is 5.75 Å². The van der Waals surface area contributed by atoms with Crippen LogP contribution >= 0.6 is 0 Å². The maximum atomic E-state index is 5.75. The van der Waals surface area contributed by atoms with Gasteiger partial charge in [0.25, 0.3) is 0 Å². The molecule has 0 radical (unpaired) electrons. The average Bonchev–Trinajstić information content (AvgIpc) is 2.71. The number of aromatic nitrogens is 1. The Labute approximate surface area is 165 Å². The second-order valence-corrected chi connectivity index (χ2v) is 6.99. The lowest BCUT2D eigenvalue weighted by molar-refractivity contribution is 0.127. The minimum Gasteiger partial charge on any atom is -0.494 e. The summed E-state index contributed by atoms with van der Waals surface area (Å²) < 4.78 is 11.2. The van der Waals surface area contributed by atoms with Crippen molar-refractivity contribution >= 4 is 0 Å². The lowest BCUT2D eigenvalue weighted by Crippen LogP contribution is -1.99. The van der Waals surface area contributed by atoms with E-state index >= 15 is 0 Å². The molecule has 1 aromatic heterocycles. The Hall–Kier alpha value is -1.87. The van der Waals surface area contributed by atoms with Gasteiger partial charge in [-0.2, -0.15) is 0 Å². The molecule has 1 heterocycles. The van der Waals surface area contributed by atoms with Gasteiger partial charge in [0.15, 0.2) is 0 Å². The Kier molecular flexibility index (Phi) is 10.6. The number of pyridine rings is 1. The third-order valence-corrected chi connectivity index (χ3v) is 4.68. The van der Waals surface area contributed by atoms with Crippen LogP contribution in [0.3, 0.4) is 0 Å². The number of rotatable bonds is 14. The second-order valence-electron chi connectivity index (χ2n) is 6.99. The third kappa shape index (κ3) is 8.57. The molecule has 3 nitrogen and oxygen atoms in total. The average molecular weight is 370 g/mol. The van der Waals surface area contributed by atoms with Crippen LogP contribution in [0.1, 0.15) is 64.4 Å². The van der Waals surface area contributed by atoms with E-state index in [2.05, 4.69) is 36.2 Å². The highest BCUT2D eigenvalue weighted by atomic mass is 16.5. The van der Waals surface area contributed by atoms with Crippen molar-refractivity contribution in [2.45, 2.75) is 65.2 Å². The number of unbranched alkanes of at least 4 members (excludes halogenated alkanes) is 5. The molecule has 0 atom stereocenters. The van der Waals surface area contributed by atoms with Crippen molar-refractivity contribution in [2.75, 3.05) is 19.8 Å². The predicted octanol–water partition coefficient (Wildman–Crippen LogP) is 6.46. The van der Waals surface area contributed by atoms with Crippen molar-refractivity contribution < 1.29 is 9.47 Å².